The summed E-state index contributed by atoms with van der Waals surface area (Å²) in [4.78, 5) is 25.7. The highest BCUT2D eigenvalue weighted by Crippen LogP contribution is 2.41. The summed E-state index contributed by atoms with van der Waals surface area (Å²) in [5.74, 6) is -2.02. The Morgan fingerprint density at radius 1 is 1.03 bits per heavy atom. The number of hydrogen-bond donors (Lipinski definition) is 7. The number of anilines is 1. The first kappa shape index (κ1) is 22.0. The molecule has 0 bridgehead atoms. The molecule has 10 heteroatoms. The number of carbonyl (C=O) groups excluding carboxylic acids is 1. The van der Waals surface area contributed by atoms with Crippen molar-refractivity contribution in [1.29, 1.82) is 0 Å². The van der Waals surface area contributed by atoms with Crippen molar-refractivity contribution in [3.8, 4) is 16.9 Å². The first-order chi connectivity index (χ1) is 15.2. The number of phenolic OH excluding ortho intramolecular Hbond substituents is 1. The molecule has 2 saturated heterocycles. The van der Waals surface area contributed by atoms with Crippen LogP contribution in [0.5, 0.6) is 5.75 Å². The van der Waals surface area contributed by atoms with Crippen molar-refractivity contribution in [1.82, 2.24) is 10.2 Å². The summed E-state index contributed by atoms with van der Waals surface area (Å²) in [7, 11) is 0. The van der Waals surface area contributed by atoms with E-state index in [1.165, 1.54) is 6.07 Å². The van der Waals surface area contributed by atoms with E-state index in [9.17, 15) is 30.0 Å². The molecule has 10 nitrogen and oxygen atoms in total. The second kappa shape index (κ2) is 8.40. The van der Waals surface area contributed by atoms with Crippen molar-refractivity contribution in [3.63, 3.8) is 0 Å². The van der Waals surface area contributed by atoms with Crippen molar-refractivity contribution >= 4 is 17.6 Å². The molecule has 0 spiro atoms. The highest BCUT2D eigenvalue weighted by Gasteiger charge is 2.50. The van der Waals surface area contributed by atoms with Gasteiger partial charge in [0, 0.05) is 29.4 Å². The van der Waals surface area contributed by atoms with Gasteiger partial charge in [-0.2, -0.15) is 0 Å². The van der Waals surface area contributed by atoms with Crippen LogP contribution in [0.4, 0.5) is 5.69 Å². The van der Waals surface area contributed by atoms with Gasteiger partial charge in [0.05, 0.1) is 18.2 Å². The molecule has 0 saturated carbocycles. The number of nitrogens with zero attached hydrogens (tertiary/aromatic N) is 1. The second-order valence-electron chi connectivity index (χ2n) is 8.24. The molecular formula is C22H26N4O6. The number of aromatic hydroxyl groups is 1. The van der Waals surface area contributed by atoms with Gasteiger partial charge in [0.25, 0.3) is 0 Å². The smallest absolute Gasteiger partial charge is 0.328 e. The number of carboxylic acid groups (broad SMARTS) is 1. The standard InChI is InChI=1S/C22H26N4O6/c23-12-6-2-1-4-10(12)11-5-3-7-14(27)17(11)13-8-15(28)19(25-13)21(30)26-9-16(29)18(24)20(26)22(31)32/h1-7,13,15-16,18-20,25,27-29H,8-9,23-24H2,(H,31,32). The largest absolute Gasteiger partial charge is 0.508 e. The number of benzene rings is 2. The second-order valence-corrected chi connectivity index (χ2v) is 8.24. The lowest BCUT2D eigenvalue weighted by Gasteiger charge is -2.27. The average molecular weight is 442 g/mol. The third-order valence-corrected chi connectivity index (χ3v) is 6.26. The number of aliphatic hydroxyl groups is 2. The molecule has 32 heavy (non-hydrogen) atoms. The molecule has 0 radical (unpaired) electrons. The van der Waals surface area contributed by atoms with Crippen LogP contribution in [0.15, 0.2) is 42.5 Å². The Bertz CT molecular complexity index is 1050. The number of nitrogen functional groups attached to an aromatic ring is 1. The molecule has 4 rings (SSSR count). The van der Waals surface area contributed by atoms with E-state index in [-0.39, 0.29) is 18.7 Å². The highest BCUT2D eigenvalue weighted by atomic mass is 16.4. The van der Waals surface area contributed by atoms with E-state index in [1.807, 2.05) is 12.1 Å². The first-order valence-corrected chi connectivity index (χ1v) is 10.3. The number of aliphatic hydroxyl groups excluding tert-OH is 2. The van der Waals surface area contributed by atoms with E-state index < -0.39 is 48.3 Å². The van der Waals surface area contributed by atoms with Gasteiger partial charge in [0.15, 0.2) is 0 Å². The fourth-order valence-electron chi connectivity index (χ4n) is 4.67. The van der Waals surface area contributed by atoms with Crippen molar-refractivity contribution in [2.75, 3.05) is 12.3 Å². The SMILES string of the molecule is Nc1ccccc1-c1cccc(O)c1C1CC(O)C(C(=O)N2CC(O)C(N)C2C(=O)O)N1. The van der Waals surface area contributed by atoms with Crippen molar-refractivity contribution in [3.05, 3.63) is 48.0 Å². The molecule has 2 fully saturated rings. The van der Waals surface area contributed by atoms with Gasteiger partial charge in [-0.3, -0.25) is 10.1 Å². The van der Waals surface area contributed by atoms with Gasteiger partial charge in [-0.1, -0.05) is 30.3 Å². The molecule has 0 aromatic heterocycles. The van der Waals surface area contributed by atoms with Gasteiger partial charge < -0.3 is 36.8 Å². The lowest BCUT2D eigenvalue weighted by molar-refractivity contribution is -0.150. The summed E-state index contributed by atoms with van der Waals surface area (Å²) < 4.78 is 0. The molecular weight excluding hydrogens is 416 g/mol. The molecule has 170 valence electrons. The predicted octanol–water partition coefficient (Wildman–Crippen LogP) is -0.611. The van der Waals surface area contributed by atoms with E-state index in [0.29, 0.717) is 22.4 Å². The Morgan fingerprint density at radius 3 is 2.41 bits per heavy atom. The normalized spacial score (nSPS) is 29.9. The number of likely N-dealkylation sites (tertiary alicyclic amines) is 1. The predicted molar refractivity (Wildman–Crippen MR) is 115 cm³/mol. The number of para-hydroxylation sites is 1. The molecule has 1 amide bonds. The number of carboxylic acids is 1. The number of rotatable bonds is 4. The fourth-order valence-corrected chi connectivity index (χ4v) is 4.67. The third kappa shape index (κ3) is 3.67. The Hall–Kier alpha value is -3.18. The summed E-state index contributed by atoms with van der Waals surface area (Å²) in [6.45, 7) is -0.241. The molecule has 2 aromatic rings. The number of phenols is 1. The highest BCUT2D eigenvalue weighted by molar-refractivity contribution is 5.89. The van der Waals surface area contributed by atoms with Crippen LogP contribution in [0.3, 0.4) is 0 Å². The van der Waals surface area contributed by atoms with Gasteiger partial charge in [-0.25, -0.2) is 4.79 Å². The average Bonchev–Trinajstić information content (AvgIpc) is 3.27. The zero-order valence-electron chi connectivity index (χ0n) is 17.1. The van der Waals surface area contributed by atoms with Crippen LogP contribution in [0, 0.1) is 0 Å². The van der Waals surface area contributed by atoms with E-state index in [4.69, 9.17) is 11.5 Å². The Labute approximate surface area is 184 Å². The van der Waals surface area contributed by atoms with E-state index in [2.05, 4.69) is 5.32 Å². The summed E-state index contributed by atoms with van der Waals surface area (Å²) in [5.41, 5.74) is 14.2. The van der Waals surface area contributed by atoms with Crippen LogP contribution in [-0.4, -0.2) is 74.1 Å². The van der Waals surface area contributed by atoms with Gasteiger partial charge >= 0.3 is 5.97 Å². The molecule has 9 N–H and O–H groups in total. The molecule has 2 aromatic carbocycles. The number of aliphatic carboxylic acids is 1. The topological polar surface area (TPSA) is 182 Å². The van der Waals surface area contributed by atoms with Crippen molar-refractivity contribution in [2.45, 2.75) is 42.8 Å². The molecule has 0 aliphatic carbocycles. The molecule has 2 aliphatic heterocycles. The lowest BCUT2D eigenvalue weighted by atomic mass is 9.92. The zero-order chi connectivity index (χ0) is 23.2. The Morgan fingerprint density at radius 2 is 1.72 bits per heavy atom. The lowest BCUT2D eigenvalue weighted by Crippen LogP contribution is -2.54. The minimum absolute atomic E-state index is 0.0226. The van der Waals surface area contributed by atoms with Gasteiger partial charge in [0.2, 0.25) is 5.91 Å². The zero-order valence-corrected chi connectivity index (χ0v) is 17.1. The number of β-amino-alcohol motifs (C(OH)–C–C–N with tert-alkyl or cyclic N) is 1. The maximum Gasteiger partial charge on any atom is 0.328 e. The maximum atomic E-state index is 13.1. The van der Waals surface area contributed by atoms with E-state index in [0.717, 1.165) is 4.90 Å². The molecule has 6 atom stereocenters. The van der Waals surface area contributed by atoms with Crippen LogP contribution in [0.25, 0.3) is 11.1 Å². The van der Waals surface area contributed by atoms with Crippen LogP contribution < -0.4 is 16.8 Å². The Kier molecular flexibility index (Phi) is 5.78. The maximum absolute atomic E-state index is 13.1. The monoisotopic (exact) mass is 442 g/mol. The number of nitrogens with two attached hydrogens (primary N) is 2. The third-order valence-electron chi connectivity index (χ3n) is 6.26. The quantitative estimate of drug-likeness (QED) is 0.304. The van der Waals surface area contributed by atoms with Gasteiger partial charge in [-0.15, -0.1) is 0 Å². The van der Waals surface area contributed by atoms with E-state index in [1.54, 1.807) is 24.3 Å². The van der Waals surface area contributed by atoms with Crippen LogP contribution in [-0.2, 0) is 9.59 Å². The number of hydrogen-bond acceptors (Lipinski definition) is 8. The number of carbonyl (C=O) groups is 2. The summed E-state index contributed by atoms with van der Waals surface area (Å²) in [6.07, 6.45) is -2.22. The van der Waals surface area contributed by atoms with Gasteiger partial charge in [-0.05, 0) is 24.1 Å². The minimum atomic E-state index is -1.39. The molecule has 2 aliphatic rings. The molecule has 6 unspecified atom stereocenters. The fraction of sp³-hybridized carbons (Fsp3) is 0.364. The number of amides is 1. The minimum Gasteiger partial charge on any atom is -0.508 e. The van der Waals surface area contributed by atoms with Crippen LogP contribution >= 0.6 is 0 Å². The van der Waals surface area contributed by atoms with Crippen molar-refractivity contribution in [2.24, 2.45) is 5.73 Å². The number of nitrogens with one attached hydrogen (secondary N) is 1. The van der Waals surface area contributed by atoms with Crippen LogP contribution in [0.1, 0.15) is 18.0 Å². The van der Waals surface area contributed by atoms with Crippen molar-refractivity contribution < 1.29 is 30.0 Å². The summed E-state index contributed by atoms with van der Waals surface area (Å²) >= 11 is 0. The summed E-state index contributed by atoms with van der Waals surface area (Å²) in [6, 6.07) is 7.90. The molecule has 2 heterocycles. The summed E-state index contributed by atoms with van der Waals surface area (Å²) in [5, 5.41) is 43.8. The Balaban J connectivity index is 1.64. The van der Waals surface area contributed by atoms with Crippen LogP contribution in [0.2, 0.25) is 0 Å². The van der Waals surface area contributed by atoms with E-state index >= 15 is 0 Å². The first-order valence-electron chi connectivity index (χ1n) is 10.3. The van der Waals surface area contributed by atoms with Gasteiger partial charge in [0.1, 0.15) is 17.8 Å².